The highest BCUT2D eigenvalue weighted by molar-refractivity contribution is 6.31. The summed E-state index contributed by atoms with van der Waals surface area (Å²) < 4.78 is 19.0. The molecule has 0 saturated heterocycles. The summed E-state index contributed by atoms with van der Waals surface area (Å²) in [5, 5.41) is 11.8. The van der Waals surface area contributed by atoms with Crippen LogP contribution in [0.1, 0.15) is 28.6 Å². The number of hydrogen-bond acceptors (Lipinski definition) is 2. The first-order valence-corrected chi connectivity index (χ1v) is 6.98. The van der Waals surface area contributed by atoms with Crippen molar-refractivity contribution in [2.24, 2.45) is 0 Å². The second-order valence-electron chi connectivity index (χ2n) is 5.14. The van der Waals surface area contributed by atoms with Gasteiger partial charge in [-0.2, -0.15) is 0 Å². The number of furan rings is 1. The van der Waals surface area contributed by atoms with Crippen LogP contribution in [0.5, 0.6) is 0 Å². The Labute approximate surface area is 126 Å². The fourth-order valence-corrected chi connectivity index (χ4v) is 2.59. The smallest absolute Gasteiger partial charge is 0.141 e. The maximum Gasteiger partial charge on any atom is 0.141 e. The standard InChI is InChI=1S/C17H14ClFO2/c1-9-3-4-11(7-14(9)18)16(20)17-10(2)13-8-12(19)5-6-15(13)21-17/h3-8,16,20H,1-2H3. The van der Waals surface area contributed by atoms with Crippen molar-refractivity contribution in [3.8, 4) is 0 Å². The van der Waals surface area contributed by atoms with Crippen molar-refractivity contribution in [3.63, 3.8) is 0 Å². The van der Waals surface area contributed by atoms with Crippen molar-refractivity contribution < 1.29 is 13.9 Å². The van der Waals surface area contributed by atoms with E-state index >= 15 is 0 Å². The summed E-state index contributed by atoms with van der Waals surface area (Å²) in [5.74, 6) is 0.0846. The Morgan fingerprint density at radius 2 is 1.90 bits per heavy atom. The molecule has 4 heteroatoms. The van der Waals surface area contributed by atoms with Gasteiger partial charge in [-0.25, -0.2) is 4.39 Å². The molecule has 1 N–H and O–H groups in total. The number of hydrogen-bond donors (Lipinski definition) is 1. The molecule has 0 bridgehead atoms. The Balaban J connectivity index is 2.10. The van der Waals surface area contributed by atoms with Crippen molar-refractivity contribution in [2.75, 3.05) is 0 Å². The molecule has 3 rings (SSSR count). The van der Waals surface area contributed by atoms with E-state index in [0.717, 1.165) is 11.1 Å². The largest absolute Gasteiger partial charge is 0.458 e. The van der Waals surface area contributed by atoms with Crippen molar-refractivity contribution >= 4 is 22.6 Å². The van der Waals surface area contributed by atoms with Gasteiger partial charge in [0.25, 0.3) is 0 Å². The zero-order valence-corrected chi connectivity index (χ0v) is 12.4. The van der Waals surface area contributed by atoms with E-state index in [-0.39, 0.29) is 5.82 Å². The van der Waals surface area contributed by atoms with Gasteiger partial charge in [-0.1, -0.05) is 23.7 Å². The number of aliphatic hydroxyl groups is 1. The Morgan fingerprint density at radius 1 is 1.14 bits per heavy atom. The summed E-state index contributed by atoms with van der Waals surface area (Å²) in [5.41, 5.74) is 2.87. The van der Waals surface area contributed by atoms with Gasteiger partial charge in [-0.3, -0.25) is 0 Å². The SMILES string of the molecule is Cc1ccc(C(O)c2oc3ccc(F)cc3c2C)cc1Cl. The van der Waals surface area contributed by atoms with Crippen LogP contribution < -0.4 is 0 Å². The lowest BCUT2D eigenvalue weighted by Gasteiger charge is -2.10. The summed E-state index contributed by atoms with van der Waals surface area (Å²) >= 11 is 6.09. The fourth-order valence-electron chi connectivity index (χ4n) is 2.40. The molecule has 0 spiro atoms. The molecular weight excluding hydrogens is 291 g/mol. The predicted octanol–water partition coefficient (Wildman–Crippen LogP) is 4.92. The lowest BCUT2D eigenvalue weighted by molar-refractivity contribution is 0.191. The van der Waals surface area contributed by atoms with Crippen molar-refractivity contribution in [1.29, 1.82) is 0 Å². The van der Waals surface area contributed by atoms with Gasteiger partial charge in [-0.15, -0.1) is 0 Å². The highest BCUT2D eigenvalue weighted by atomic mass is 35.5. The highest BCUT2D eigenvalue weighted by Gasteiger charge is 2.20. The zero-order valence-electron chi connectivity index (χ0n) is 11.7. The molecule has 0 amide bonds. The molecule has 0 fully saturated rings. The van der Waals surface area contributed by atoms with Crippen LogP contribution in [0.15, 0.2) is 40.8 Å². The number of aliphatic hydroxyl groups excluding tert-OH is 1. The number of benzene rings is 2. The first-order chi connectivity index (χ1) is 9.97. The predicted molar refractivity (Wildman–Crippen MR) is 81.2 cm³/mol. The maximum absolute atomic E-state index is 13.3. The van der Waals surface area contributed by atoms with Crippen LogP contribution in [0.2, 0.25) is 5.02 Å². The summed E-state index contributed by atoms with van der Waals surface area (Å²) in [7, 11) is 0. The molecule has 0 aliphatic carbocycles. The lowest BCUT2D eigenvalue weighted by Crippen LogP contribution is -2.00. The molecule has 2 nitrogen and oxygen atoms in total. The Bertz CT molecular complexity index is 823. The summed E-state index contributed by atoms with van der Waals surface area (Å²) in [4.78, 5) is 0. The fraction of sp³-hybridized carbons (Fsp3) is 0.176. The van der Waals surface area contributed by atoms with Gasteiger partial charge in [0.05, 0.1) is 0 Å². The minimum Gasteiger partial charge on any atom is -0.458 e. The molecular formula is C17H14ClFO2. The van der Waals surface area contributed by atoms with E-state index in [1.807, 2.05) is 13.0 Å². The van der Waals surface area contributed by atoms with E-state index in [1.54, 1.807) is 25.1 Å². The van der Waals surface area contributed by atoms with Gasteiger partial charge in [0, 0.05) is 16.0 Å². The van der Waals surface area contributed by atoms with E-state index < -0.39 is 6.10 Å². The number of rotatable bonds is 2. The highest BCUT2D eigenvalue weighted by Crippen LogP contribution is 2.34. The third kappa shape index (κ3) is 2.43. The molecule has 0 saturated carbocycles. The topological polar surface area (TPSA) is 33.4 Å². The van der Waals surface area contributed by atoms with Crippen LogP contribution in [0, 0.1) is 19.7 Å². The first-order valence-electron chi connectivity index (χ1n) is 6.60. The van der Waals surface area contributed by atoms with E-state index in [1.165, 1.54) is 12.1 Å². The number of aryl methyl sites for hydroxylation is 2. The average Bonchev–Trinajstić information content (AvgIpc) is 2.78. The minimum atomic E-state index is -0.932. The monoisotopic (exact) mass is 304 g/mol. The molecule has 1 atom stereocenters. The minimum absolute atomic E-state index is 0.328. The van der Waals surface area contributed by atoms with Crippen LogP contribution in [0.4, 0.5) is 4.39 Å². The van der Waals surface area contributed by atoms with Crippen LogP contribution in [-0.4, -0.2) is 5.11 Å². The summed E-state index contributed by atoms with van der Waals surface area (Å²) in [6.45, 7) is 3.70. The molecule has 0 radical (unpaired) electrons. The van der Waals surface area contributed by atoms with Gasteiger partial charge < -0.3 is 9.52 Å². The zero-order chi connectivity index (χ0) is 15.1. The van der Waals surface area contributed by atoms with E-state index in [0.29, 0.717) is 27.3 Å². The van der Waals surface area contributed by atoms with Crippen LogP contribution in [-0.2, 0) is 0 Å². The Kier molecular flexibility index (Phi) is 3.47. The molecule has 0 aliphatic rings. The first kappa shape index (κ1) is 14.1. The molecule has 21 heavy (non-hydrogen) atoms. The van der Waals surface area contributed by atoms with Gasteiger partial charge in [-0.05, 0) is 49.2 Å². The third-order valence-corrected chi connectivity index (χ3v) is 4.10. The maximum atomic E-state index is 13.3. The normalized spacial score (nSPS) is 12.8. The Hall–Kier alpha value is -1.84. The van der Waals surface area contributed by atoms with Crippen LogP contribution in [0.25, 0.3) is 11.0 Å². The molecule has 0 aliphatic heterocycles. The second-order valence-corrected chi connectivity index (χ2v) is 5.55. The third-order valence-electron chi connectivity index (χ3n) is 3.70. The molecule has 108 valence electrons. The molecule has 3 aromatic rings. The van der Waals surface area contributed by atoms with Gasteiger partial charge >= 0.3 is 0 Å². The van der Waals surface area contributed by atoms with E-state index in [2.05, 4.69) is 0 Å². The quantitative estimate of drug-likeness (QED) is 0.728. The van der Waals surface area contributed by atoms with E-state index in [9.17, 15) is 9.50 Å². The van der Waals surface area contributed by atoms with Crippen LogP contribution in [0.3, 0.4) is 0 Å². The lowest BCUT2D eigenvalue weighted by atomic mass is 10.0. The average molecular weight is 305 g/mol. The van der Waals surface area contributed by atoms with Crippen molar-refractivity contribution in [3.05, 3.63) is 69.7 Å². The van der Waals surface area contributed by atoms with Crippen LogP contribution >= 0.6 is 11.6 Å². The molecule has 2 aromatic carbocycles. The van der Waals surface area contributed by atoms with Crippen molar-refractivity contribution in [2.45, 2.75) is 20.0 Å². The molecule has 1 unspecified atom stereocenters. The molecule has 1 heterocycles. The van der Waals surface area contributed by atoms with E-state index in [4.69, 9.17) is 16.0 Å². The summed E-state index contributed by atoms with van der Waals surface area (Å²) in [6.07, 6.45) is -0.932. The van der Waals surface area contributed by atoms with Gasteiger partial charge in [0.15, 0.2) is 0 Å². The second kappa shape index (κ2) is 5.17. The van der Waals surface area contributed by atoms with Crippen molar-refractivity contribution in [1.82, 2.24) is 0 Å². The van der Waals surface area contributed by atoms with Gasteiger partial charge in [0.2, 0.25) is 0 Å². The number of halogens is 2. The Morgan fingerprint density at radius 3 is 2.62 bits per heavy atom. The summed E-state index contributed by atoms with van der Waals surface area (Å²) in [6, 6.07) is 9.68. The van der Waals surface area contributed by atoms with Gasteiger partial charge in [0.1, 0.15) is 23.3 Å². The molecule has 1 aromatic heterocycles. The number of fused-ring (bicyclic) bond motifs is 1.